The Balaban J connectivity index is 4.09. The molecule has 0 unspecified atom stereocenters. The van der Waals surface area contributed by atoms with Gasteiger partial charge in [-0.2, -0.15) is 5.26 Å². The topological polar surface area (TPSA) is 49.8 Å². The van der Waals surface area contributed by atoms with Gasteiger partial charge in [0.05, 0.1) is 6.07 Å². The van der Waals surface area contributed by atoms with E-state index in [4.69, 9.17) is 11.0 Å². The van der Waals surface area contributed by atoms with Gasteiger partial charge in [-0.05, 0) is 13.8 Å². The fourth-order valence-electron chi connectivity index (χ4n) is 0.144. The van der Waals surface area contributed by atoms with E-state index in [9.17, 15) is 0 Å². The van der Waals surface area contributed by atoms with Gasteiger partial charge in [0.25, 0.3) is 0 Å². The average Bonchev–Trinajstić information content (AvgIpc) is 1.62. The molecule has 0 saturated heterocycles. The van der Waals surface area contributed by atoms with E-state index in [1.165, 1.54) is 0 Å². The maximum atomic E-state index is 8.24. The summed E-state index contributed by atoms with van der Waals surface area (Å²) in [7, 11) is 0. The summed E-state index contributed by atoms with van der Waals surface area (Å²) < 4.78 is 0. The number of hydrogen-bond donors (Lipinski definition) is 1. The van der Waals surface area contributed by atoms with Crippen molar-refractivity contribution in [1.82, 2.24) is 0 Å². The normalized spacial score (nSPS) is 10.2. The van der Waals surface area contributed by atoms with E-state index in [-0.39, 0.29) is 0 Å². The SMILES string of the molecule is C=C(C#N)C(C)(C)N. The van der Waals surface area contributed by atoms with Gasteiger partial charge in [-0.1, -0.05) is 6.58 Å². The van der Waals surface area contributed by atoms with Gasteiger partial charge in [-0.15, -0.1) is 0 Å². The molecule has 0 aromatic carbocycles. The molecule has 8 heavy (non-hydrogen) atoms. The summed E-state index contributed by atoms with van der Waals surface area (Å²) in [5.41, 5.74) is 5.33. The first-order valence-corrected chi connectivity index (χ1v) is 2.37. The molecule has 0 aliphatic heterocycles. The van der Waals surface area contributed by atoms with E-state index < -0.39 is 5.54 Å². The van der Waals surface area contributed by atoms with Crippen LogP contribution >= 0.6 is 0 Å². The second-order valence-corrected chi connectivity index (χ2v) is 2.31. The Hall–Kier alpha value is -0.810. The first kappa shape index (κ1) is 7.19. The van der Waals surface area contributed by atoms with Crippen LogP contribution in [0, 0.1) is 11.3 Å². The van der Waals surface area contributed by atoms with Crippen molar-refractivity contribution in [2.75, 3.05) is 0 Å². The van der Waals surface area contributed by atoms with Crippen LogP contribution < -0.4 is 5.73 Å². The zero-order valence-electron chi connectivity index (χ0n) is 5.23. The summed E-state index contributed by atoms with van der Waals surface area (Å²) >= 11 is 0. The molecule has 0 radical (unpaired) electrons. The summed E-state index contributed by atoms with van der Waals surface area (Å²) in [4.78, 5) is 0. The van der Waals surface area contributed by atoms with Crippen molar-refractivity contribution in [2.24, 2.45) is 5.73 Å². The molecular weight excluding hydrogens is 100 g/mol. The fourth-order valence-corrected chi connectivity index (χ4v) is 0.144. The number of nitrogens with zero attached hydrogens (tertiary/aromatic N) is 1. The van der Waals surface area contributed by atoms with Crippen molar-refractivity contribution >= 4 is 0 Å². The Morgan fingerprint density at radius 3 is 2.12 bits per heavy atom. The second-order valence-electron chi connectivity index (χ2n) is 2.31. The third-order valence-electron chi connectivity index (χ3n) is 0.913. The Kier molecular flexibility index (Phi) is 1.77. The molecule has 2 nitrogen and oxygen atoms in total. The molecule has 0 aromatic heterocycles. The standard InChI is InChI=1S/C6H10N2/c1-5(4-7)6(2,3)8/h1,8H2,2-3H3. The lowest BCUT2D eigenvalue weighted by Gasteiger charge is -2.14. The minimum Gasteiger partial charge on any atom is -0.321 e. The molecule has 0 bridgehead atoms. The number of rotatable bonds is 1. The molecule has 0 aliphatic carbocycles. The van der Waals surface area contributed by atoms with Crippen LogP contribution in [0.5, 0.6) is 0 Å². The Morgan fingerprint density at radius 2 is 2.12 bits per heavy atom. The van der Waals surface area contributed by atoms with Crippen molar-refractivity contribution in [3.63, 3.8) is 0 Å². The predicted molar refractivity (Wildman–Crippen MR) is 33.0 cm³/mol. The Bertz CT molecular complexity index is 134. The zero-order valence-corrected chi connectivity index (χ0v) is 5.23. The van der Waals surface area contributed by atoms with E-state index in [0.29, 0.717) is 5.57 Å². The van der Waals surface area contributed by atoms with Crippen molar-refractivity contribution in [3.05, 3.63) is 12.2 Å². The molecule has 0 saturated carbocycles. The van der Waals surface area contributed by atoms with E-state index in [0.717, 1.165) is 0 Å². The molecule has 0 amide bonds. The van der Waals surface area contributed by atoms with Gasteiger partial charge in [0, 0.05) is 11.1 Å². The van der Waals surface area contributed by atoms with E-state index in [1.807, 2.05) is 6.07 Å². The molecule has 0 rings (SSSR count). The predicted octanol–water partition coefficient (Wildman–Crippen LogP) is 0.803. The third kappa shape index (κ3) is 1.76. The summed E-state index contributed by atoms with van der Waals surface area (Å²) in [6.07, 6.45) is 0. The molecule has 0 atom stereocenters. The van der Waals surface area contributed by atoms with Crippen LogP contribution in [0.15, 0.2) is 12.2 Å². The maximum Gasteiger partial charge on any atom is 0.0960 e. The van der Waals surface area contributed by atoms with Crippen LogP contribution in [0.3, 0.4) is 0 Å². The van der Waals surface area contributed by atoms with Crippen molar-refractivity contribution in [3.8, 4) is 6.07 Å². The molecule has 44 valence electrons. The van der Waals surface area contributed by atoms with E-state index in [2.05, 4.69) is 6.58 Å². The van der Waals surface area contributed by atoms with Gasteiger partial charge in [0.15, 0.2) is 0 Å². The van der Waals surface area contributed by atoms with Gasteiger partial charge < -0.3 is 5.73 Å². The molecule has 2 N–H and O–H groups in total. The first-order chi connectivity index (χ1) is 3.48. The zero-order chi connectivity index (χ0) is 6.78. The van der Waals surface area contributed by atoms with Crippen molar-refractivity contribution in [1.29, 1.82) is 5.26 Å². The Morgan fingerprint density at radius 1 is 1.75 bits per heavy atom. The summed E-state index contributed by atoms with van der Waals surface area (Å²) in [6, 6.07) is 1.89. The first-order valence-electron chi connectivity index (χ1n) is 2.37. The molecule has 0 fully saturated rings. The quantitative estimate of drug-likeness (QED) is 0.507. The highest BCUT2D eigenvalue weighted by Gasteiger charge is 2.13. The minimum absolute atomic E-state index is 0.414. The van der Waals surface area contributed by atoms with Gasteiger partial charge in [-0.25, -0.2) is 0 Å². The van der Waals surface area contributed by atoms with Crippen LogP contribution in [-0.2, 0) is 0 Å². The summed E-state index contributed by atoms with van der Waals surface area (Å²) in [6.45, 7) is 6.96. The molecule has 0 aromatic rings. The highest BCUT2D eigenvalue weighted by atomic mass is 14.7. The third-order valence-corrected chi connectivity index (χ3v) is 0.913. The van der Waals surface area contributed by atoms with Crippen molar-refractivity contribution in [2.45, 2.75) is 19.4 Å². The molecule has 0 spiro atoms. The van der Waals surface area contributed by atoms with Gasteiger partial charge in [0.2, 0.25) is 0 Å². The lowest BCUT2D eigenvalue weighted by Crippen LogP contribution is -2.33. The lowest BCUT2D eigenvalue weighted by molar-refractivity contribution is 0.631. The highest BCUT2D eigenvalue weighted by Crippen LogP contribution is 2.06. The second kappa shape index (κ2) is 1.97. The van der Waals surface area contributed by atoms with Gasteiger partial charge in [-0.3, -0.25) is 0 Å². The summed E-state index contributed by atoms with van der Waals surface area (Å²) in [5.74, 6) is 0. The van der Waals surface area contributed by atoms with Crippen LogP contribution in [0.1, 0.15) is 13.8 Å². The largest absolute Gasteiger partial charge is 0.321 e. The average molecular weight is 110 g/mol. The van der Waals surface area contributed by atoms with Gasteiger partial charge >= 0.3 is 0 Å². The van der Waals surface area contributed by atoms with E-state index >= 15 is 0 Å². The number of nitrogens with two attached hydrogens (primary N) is 1. The maximum absolute atomic E-state index is 8.24. The van der Waals surface area contributed by atoms with Crippen molar-refractivity contribution < 1.29 is 0 Å². The van der Waals surface area contributed by atoms with E-state index in [1.54, 1.807) is 13.8 Å². The smallest absolute Gasteiger partial charge is 0.0960 e. The highest BCUT2D eigenvalue weighted by molar-refractivity contribution is 5.26. The van der Waals surface area contributed by atoms with Gasteiger partial charge in [0.1, 0.15) is 0 Å². The van der Waals surface area contributed by atoms with Crippen LogP contribution in [0.2, 0.25) is 0 Å². The fraction of sp³-hybridized carbons (Fsp3) is 0.500. The number of nitriles is 1. The Labute approximate surface area is 49.6 Å². The monoisotopic (exact) mass is 110 g/mol. The molecule has 0 heterocycles. The summed E-state index contributed by atoms with van der Waals surface area (Å²) in [5, 5.41) is 8.24. The number of hydrogen-bond acceptors (Lipinski definition) is 2. The minimum atomic E-state index is -0.547. The lowest BCUT2D eigenvalue weighted by atomic mass is 9.99. The van der Waals surface area contributed by atoms with Crippen LogP contribution in [-0.4, -0.2) is 5.54 Å². The molecule has 2 heteroatoms. The van der Waals surface area contributed by atoms with Crippen LogP contribution in [0.25, 0.3) is 0 Å². The molecule has 0 aliphatic rings. The molecular formula is C6H10N2. The van der Waals surface area contributed by atoms with Crippen LogP contribution in [0.4, 0.5) is 0 Å².